The van der Waals surface area contributed by atoms with E-state index in [9.17, 15) is 19.6 Å². The van der Waals surface area contributed by atoms with Gasteiger partial charge in [-0.25, -0.2) is 4.98 Å². The predicted octanol–water partition coefficient (Wildman–Crippen LogP) is 1.29. The number of anilines is 1. The zero-order chi connectivity index (χ0) is 20.5. The lowest BCUT2D eigenvalue weighted by molar-refractivity contribution is -0.120. The van der Waals surface area contributed by atoms with Gasteiger partial charge in [0.2, 0.25) is 5.91 Å². The SMILES string of the molecule is Cn1cnc2cc(C(=O)N3CCN(c4ccccc4C#N)C(=O)C3)ccc2c1=O. The number of benzene rings is 2. The molecule has 0 unspecified atom stereocenters. The number of carbonyl (C=O) groups excluding carboxylic acids is 2. The van der Waals surface area contributed by atoms with Crippen molar-refractivity contribution in [3.63, 3.8) is 0 Å². The van der Waals surface area contributed by atoms with Gasteiger partial charge in [-0.05, 0) is 30.3 Å². The number of aryl methyl sites for hydroxylation is 1. The molecule has 2 amide bonds. The normalized spacial score (nSPS) is 14.1. The number of rotatable bonds is 2. The van der Waals surface area contributed by atoms with Crippen molar-refractivity contribution < 1.29 is 9.59 Å². The van der Waals surface area contributed by atoms with Crippen LogP contribution < -0.4 is 10.5 Å². The van der Waals surface area contributed by atoms with Crippen molar-refractivity contribution in [1.29, 1.82) is 5.26 Å². The van der Waals surface area contributed by atoms with Crippen molar-refractivity contribution in [3.8, 4) is 6.07 Å². The molecule has 1 aliphatic rings. The number of piperazine rings is 1. The number of amides is 2. The number of hydrogen-bond donors (Lipinski definition) is 0. The van der Waals surface area contributed by atoms with Crippen LogP contribution in [0.25, 0.3) is 10.9 Å². The minimum absolute atomic E-state index is 0.0827. The van der Waals surface area contributed by atoms with E-state index in [0.717, 1.165) is 0 Å². The van der Waals surface area contributed by atoms with Crippen molar-refractivity contribution in [2.75, 3.05) is 24.5 Å². The summed E-state index contributed by atoms with van der Waals surface area (Å²) in [5.74, 6) is -0.545. The van der Waals surface area contributed by atoms with Crippen LogP contribution in [-0.4, -0.2) is 45.9 Å². The molecule has 2 heterocycles. The standard InChI is InChI=1S/C21H17N5O3/c1-24-13-23-17-10-14(6-7-16(17)21(24)29)20(28)25-8-9-26(19(27)12-25)18-5-3-2-4-15(18)11-22/h2-7,10,13H,8-9,12H2,1H3. The maximum absolute atomic E-state index is 12.9. The lowest BCUT2D eigenvalue weighted by Crippen LogP contribution is -2.52. The van der Waals surface area contributed by atoms with Crippen LogP contribution in [0.5, 0.6) is 0 Å². The topological polar surface area (TPSA) is 99.3 Å². The molecule has 0 atom stereocenters. The first-order valence-electron chi connectivity index (χ1n) is 9.04. The van der Waals surface area contributed by atoms with Gasteiger partial charge in [-0.3, -0.25) is 14.4 Å². The summed E-state index contributed by atoms with van der Waals surface area (Å²) in [6, 6.07) is 13.7. The smallest absolute Gasteiger partial charge is 0.260 e. The van der Waals surface area contributed by atoms with Crippen LogP contribution in [0.3, 0.4) is 0 Å². The van der Waals surface area contributed by atoms with Gasteiger partial charge in [0.05, 0.1) is 28.5 Å². The minimum atomic E-state index is -0.295. The van der Waals surface area contributed by atoms with Crippen LogP contribution in [0.4, 0.5) is 5.69 Å². The second-order valence-electron chi connectivity index (χ2n) is 6.79. The van der Waals surface area contributed by atoms with Crippen LogP contribution in [0, 0.1) is 11.3 Å². The molecule has 1 saturated heterocycles. The third-order valence-electron chi connectivity index (χ3n) is 4.99. The quantitative estimate of drug-likeness (QED) is 0.660. The fourth-order valence-corrected chi connectivity index (χ4v) is 3.43. The molecule has 8 heteroatoms. The zero-order valence-corrected chi connectivity index (χ0v) is 15.7. The van der Waals surface area contributed by atoms with Crippen LogP contribution in [0.15, 0.2) is 53.6 Å². The fraction of sp³-hybridized carbons (Fsp3) is 0.190. The third-order valence-corrected chi connectivity index (χ3v) is 4.99. The Hall–Kier alpha value is -3.99. The molecule has 0 radical (unpaired) electrons. The van der Waals surface area contributed by atoms with Crippen LogP contribution >= 0.6 is 0 Å². The highest BCUT2D eigenvalue weighted by Crippen LogP contribution is 2.22. The molecule has 0 aliphatic carbocycles. The van der Waals surface area contributed by atoms with E-state index < -0.39 is 0 Å². The second-order valence-corrected chi connectivity index (χ2v) is 6.79. The van der Waals surface area contributed by atoms with Crippen LogP contribution in [0.1, 0.15) is 15.9 Å². The average molecular weight is 387 g/mol. The molecule has 1 aliphatic heterocycles. The molecule has 2 aromatic carbocycles. The maximum Gasteiger partial charge on any atom is 0.260 e. The van der Waals surface area contributed by atoms with Crippen LogP contribution in [0.2, 0.25) is 0 Å². The summed E-state index contributed by atoms with van der Waals surface area (Å²) in [5.41, 5.74) is 1.60. The number of aromatic nitrogens is 2. The highest BCUT2D eigenvalue weighted by atomic mass is 16.2. The summed E-state index contributed by atoms with van der Waals surface area (Å²) >= 11 is 0. The van der Waals surface area contributed by atoms with Gasteiger partial charge < -0.3 is 14.4 Å². The van der Waals surface area contributed by atoms with E-state index in [1.165, 1.54) is 20.7 Å². The van der Waals surface area contributed by atoms with Crippen molar-refractivity contribution >= 4 is 28.4 Å². The second kappa shape index (κ2) is 7.20. The van der Waals surface area contributed by atoms with Gasteiger partial charge in [-0.15, -0.1) is 0 Å². The summed E-state index contributed by atoms with van der Waals surface area (Å²) in [7, 11) is 1.61. The van der Waals surface area contributed by atoms with E-state index in [0.29, 0.717) is 40.8 Å². The molecule has 0 spiro atoms. The van der Waals surface area contributed by atoms with Gasteiger partial charge in [0.1, 0.15) is 12.6 Å². The van der Waals surface area contributed by atoms with E-state index in [4.69, 9.17) is 0 Å². The Kier molecular flexibility index (Phi) is 4.56. The average Bonchev–Trinajstić information content (AvgIpc) is 2.75. The van der Waals surface area contributed by atoms with Gasteiger partial charge in [0, 0.05) is 25.7 Å². The van der Waals surface area contributed by atoms with Crippen molar-refractivity contribution in [2.24, 2.45) is 7.05 Å². The largest absolute Gasteiger partial charge is 0.328 e. The van der Waals surface area contributed by atoms with E-state index in [1.54, 1.807) is 49.5 Å². The molecule has 8 nitrogen and oxygen atoms in total. The molecule has 0 bridgehead atoms. The van der Waals surface area contributed by atoms with Crippen molar-refractivity contribution in [3.05, 3.63) is 70.3 Å². The van der Waals surface area contributed by atoms with E-state index >= 15 is 0 Å². The summed E-state index contributed by atoms with van der Waals surface area (Å²) in [6.45, 7) is 0.558. The minimum Gasteiger partial charge on any atom is -0.328 e. The Morgan fingerprint density at radius 1 is 1.14 bits per heavy atom. The van der Waals surface area contributed by atoms with E-state index in [-0.39, 0.29) is 23.9 Å². The summed E-state index contributed by atoms with van der Waals surface area (Å²) < 4.78 is 1.38. The molecule has 0 saturated carbocycles. The maximum atomic E-state index is 12.9. The summed E-state index contributed by atoms with van der Waals surface area (Å²) in [5, 5.41) is 9.70. The Balaban J connectivity index is 1.56. The lowest BCUT2D eigenvalue weighted by Gasteiger charge is -2.34. The predicted molar refractivity (Wildman–Crippen MR) is 106 cm³/mol. The number of nitriles is 1. The Morgan fingerprint density at radius 2 is 1.93 bits per heavy atom. The van der Waals surface area contributed by atoms with Gasteiger partial charge >= 0.3 is 0 Å². The first-order chi connectivity index (χ1) is 14.0. The number of hydrogen-bond acceptors (Lipinski definition) is 5. The van der Waals surface area contributed by atoms with Gasteiger partial charge in [-0.1, -0.05) is 12.1 Å². The first-order valence-corrected chi connectivity index (χ1v) is 9.04. The van der Waals surface area contributed by atoms with E-state index in [2.05, 4.69) is 11.1 Å². The first kappa shape index (κ1) is 18.4. The highest BCUT2D eigenvalue weighted by molar-refractivity contribution is 6.03. The zero-order valence-electron chi connectivity index (χ0n) is 15.7. The van der Waals surface area contributed by atoms with Crippen LogP contribution in [-0.2, 0) is 11.8 Å². The Morgan fingerprint density at radius 3 is 2.69 bits per heavy atom. The number of carbonyl (C=O) groups is 2. The fourth-order valence-electron chi connectivity index (χ4n) is 3.43. The van der Waals surface area contributed by atoms with Crippen molar-refractivity contribution in [2.45, 2.75) is 0 Å². The number of nitrogens with zero attached hydrogens (tertiary/aromatic N) is 5. The van der Waals surface area contributed by atoms with E-state index in [1.807, 2.05) is 0 Å². The van der Waals surface area contributed by atoms with Gasteiger partial charge in [0.25, 0.3) is 11.5 Å². The van der Waals surface area contributed by atoms with Gasteiger partial charge in [0.15, 0.2) is 0 Å². The lowest BCUT2D eigenvalue weighted by atomic mass is 10.1. The highest BCUT2D eigenvalue weighted by Gasteiger charge is 2.29. The summed E-state index contributed by atoms with van der Waals surface area (Å²) in [4.78, 5) is 44.9. The molecular formula is C21H17N5O3. The number of fused-ring (bicyclic) bond motifs is 1. The number of para-hydroxylation sites is 1. The molecule has 4 rings (SSSR count). The molecule has 29 heavy (non-hydrogen) atoms. The van der Waals surface area contributed by atoms with Crippen molar-refractivity contribution in [1.82, 2.24) is 14.5 Å². The molecular weight excluding hydrogens is 370 g/mol. The Labute approximate surface area is 166 Å². The third kappa shape index (κ3) is 3.23. The molecule has 144 valence electrons. The molecule has 3 aromatic rings. The molecule has 0 N–H and O–H groups in total. The summed E-state index contributed by atoms with van der Waals surface area (Å²) in [6.07, 6.45) is 1.41. The Bertz CT molecular complexity index is 1240. The monoisotopic (exact) mass is 387 g/mol. The molecule has 1 aromatic heterocycles. The molecule has 1 fully saturated rings. The van der Waals surface area contributed by atoms with Gasteiger partial charge in [-0.2, -0.15) is 5.26 Å².